The van der Waals surface area contributed by atoms with Gasteiger partial charge in [0, 0.05) is 13.0 Å². The van der Waals surface area contributed by atoms with Crippen molar-refractivity contribution in [1.82, 2.24) is 4.90 Å². The molecule has 0 bridgehead atoms. The van der Waals surface area contributed by atoms with Gasteiger partial charge in [0.15, 0.2) is 0 Å². The van der Waals surface area contributed by atoms with Crippen molar-refractivity contribution in [1.29, 1.82) is 0 Å². The third-order valence-electron chi connectivity index (χ3n) is 3.99. The number of nitrogens with zero attached hydrogens (tertiary/aromatic N) is 1. The van der Waals surface area contributed by atoms with Gasteiger partial charge >= 0.3 is 0 Å². The van der Waals surface area contributed by atoms with E-state index in [9.17, 15) is 4.79 Å². The first-order valence-corrected chi connectivity index (χ1v) is 7.23. The van der Waals surface area contributed by atoms with Crippen LogP contribution in [0.2, 0.25) is 0 Å². The molecule has 1 fully saturated rings. The molecule has 1 aliphatic heterocycles. The summed E-state index contributed by atoms with van der Waals surface area (Å²) in [6.45, 7) is 0.896. The summed E-state index contributed by atoms with van der Waals surface area (Å²) in [6, 6.07) is 20.8. The normalized spacial score (nSPS) is 17.6. The Bertz CT molecular complexity index is 564. The van der Waals surface area contributed by atoms with Crippen molar-refractivity contribution in [2.45, 2.75) is 25.3 Å². The molecule has 3 rings (SSSR count). The van der Waals surface area contributed by atoms with Crippen molar-refractivity contribution >= 4 is 5.91 Å². The van der Waals surface area contributed by atoms with Crippen LogP contribution in [0.1, 0.15) is 30.0 Å². The Morgan fingerprint density at radius 3 is 2.25 bits per heavy atom. The van der Waals surface area contributed by atoms with Crippen LogP contribution >= 0.6 is 0 Å². The lowest BCUT2D eigenvalue weighted by molar-refractivity contribution is -0.139. The lowest BCUT2D eigenvalue weighted by atomic mass is 9.94. The quantitative estimate of drug-likeness (QED) is 0.827. The van der Waals surface area contributed by atoms with Crippen LogP contribution in [0.15, 0.2) is 60.7 Å². The van der Waals surface area contributed by atoms with E-state index in [0.29, 0.717) is 12.5 Å². The molecular weight excluding hydrogens is 246 g/mol. The highest BCUT2D eigenvalue weighted by Crippen LogP contribution is 2.33. The van der Waals surface area contributed by atoms with E-state index in [0.717, 1.165) is 19.4 Å². The van der Waals surface area contributed by atoms with E-state index in [1.807, 2.05) is 41.3 Å². The molecule has 0 N–H and O–H groups in total. The van der Waals surface area contributed by atoms with Gasteiger partial charge in [-0.15, -0.1) is 0 Å². The minimum absolute atomic E-state index is 0.272. The summed E-state index contributed by atoms with van der Waals surface area (Å²) in [7, 11) is 0. The third kappa shape index (κ3) is 2.74. The Morgan fingerprint density at radius 1 is 1.00 bits per heavy atom. The number of rotatable bonds is 4. The maximum Gasteiger partial charge on any atom is 0.223 e. The first-order valence-electron chi connectivity index (χ1n) is 7.23. The molecule has 0 radical (unpaired) electrons. The van der Waals surface area contributed by atoms with Gasteiger partial charge in [0.2, 0.25) is 5.91 Å². The monoisotopic (exact) mass is 265 g/mol. The van der Waals surface area contributed by atoms with E-state index in [4.69, 9.17) is 0 Å². The fourth-order valence-corrected chi connectivity index (χ4v) is 2.75. The van der Waals surface area contributed by atoms with Crippen LogP contribution in [-0.4, -0.2) is 17.4 Å². The van der Waals surface area contributed by atoms with E-state index >= 15 is 0 Å². The molecule has 1 heterocycles. The molecular formula is C18H19NO. The molecule has 0 aliphatic carbocycles. The summed E-state index contributed by atoms with van der Waals surface area (Å²) in [6.07, 6.45) is 2.52. The molecule has 1 atom stereocenters. The van der Waals surface area contributed by atoms with Crippen molar-refractivity contribution in [3.8, 4) is 0 Å². The van der Waals surface area contributed by atoms with Gasteiger partial charge in [-0.3, -0.25) is 4.79 Å². The number of likely N-dealkylation sites (tertiary alicyclic amines) is 1. The number of benzene rings is 2. The largest absolute Gasteiger partial charge is 0.335 e. The van der Waals surface area contributed by atoms with Gasteiger partial charge in [0.25, 0.3) is 0 Å². The van der Waals surface area contributed by atoms with Gasteiger partial charge in [0.1, 0.15) is 0 Å². The molecule has 2 aromatic carbocycles. The summed E-state index contributed by atoms with van der Waals surface area (Å²) < 4.78 is 0. The fourth-order valence-electron chi connectivity index (χ4n) is 2.75. The molecule has 1 aliphatic rings. The zero-order valence-corrected chi connectivity index (χ0v) is 11.5. The third-order valence-corrected chi connectivity index (χ3v) is 3.99. The molecule has 0 unspecified atom stereocenters. The minimum atomic E-state index is 0.272. The van der Waals surface area contributed by atoms with E-state index < -0.39 is 0 Å². The zero-order valence-electron chi connectivity index (χ0n) is 11.5. The zero-order chi connectivity index (χ0) is 13.8. The van der Waals surface area contributed by atoms with Gasteiger partial charge in [0.05, 0.1) is 6.04 Å². The number of carbonyl (C=O) groups excluding carboxylic acids is 1. The summed E-state index contributed by atoms with van der Waals surface area (Å²) in [5, 5.41) is 0. The highest BCUT2D eigenvalue weighted by atomic mass is 16.2. The topological polar surface area (TPSA) is 20.3 Å². The van der Waals surface area contributed by atoms with Gasteiger partial charge in [-0.25, -0.2) is 0 Å². The Balaban J connectivity index is 1.58. The smallest absolute Gasteiger partial charge is 0.223 e. The molecule has 0 spiro atoms. The lowest BCUT2D eigenvalue weighted by Crippen LogP contribution is -2.45. The van der Waals surface area contributed by atoms with Gasteiger partial charge < -0.3 is 4.90 Å². The van der Waals surface area contributed by atoms with Gasteiger partial charge in [-0.2, -0.15) is 0 Å². The first-order chi connectivity index (χ1) is 9.84. The number of aryl methyl sites for hydroxylation is 1. The summed E-state index contributed by atoms with van der Waals surface area (Å²) in [4.78, 5) is 14.3. The Kier molecular flexibility index (Phi) is 3.82. The number of hydrogen-bond donors (Lipinski definition) is 0. The van der Waals surface area contributed by atoms with Crippen LogP contribution in [0.5, 0.6) is 0 Å². The molecule has 2 nitrogen and oxygen atoms in total. The van der Waals surface area contributed by atoms with Crippen molar-refractivity contribution in [2.75, 3.05) is 6.54 Å². The standard InChI is InChI=1S/C18H19NO/c20-18(12-11-15-7-3-1-4-8-15)19-14-13-17(19)16-9-5-2-6-10-16/h1-10,17H,11-14H2/t17-/m1/s1. The van der Waals surface area contributed by atoms with Crippen LogP contribution in [0.4, 0.5) is 0 Å². The SMILES string of the molecule is O=C(CCc1ccccc1)N1CC[C@@H]1c1ccccc1. The van der Waals surface area contributed by atoms with Crippen LogP contribution in [0.25, 0.3) is 0 Å². The van der Waals surface area contributed by atoms with Crippen LogP contribution in [0.3, 0.4) is 0 Å². The molecule has 0 saturated carbocycles. The second-order valence-electron chi connectivity index (χ2n) is 5.29. The molecule has 20 heavy (non-hydrogen) atoms. The minimum Gasteiger partial charge on any atom is -0.335 e. The van der Waals surface area contributed by atoms with E-state index in [2.05, 4.69) is 24.3 Å². The summed E-state index contributed by atoms with van der Waals surface area (Å²) in [5.74, 6) is 0.272. The highest BCUT2D eigenvalue weighted by Gasteiger charge is 2.32. The van der Waals surface area contributed by atoms with E-state index in [-0.39, 0.29) is 5.91 Å². The van der Waals surface area contributed by atoms with E-state index in [1.54, 1.807) is 0 Å². The highest BCUT2D eigenvalue weighted by molar-refractivity contribution is 5.77. The van der Waals surface area contributed by atoms with Crippen molar-refractivity contribution < 1.29 is 4.79 Å². The number of amides is 1. The second kappa shape index (κ2) is 5.91. The molecule has 0 aromatic heterocycles. The fraction of sp³-hybridized carbons (Fsp3) is 0.278. The van der Waals surface area contributed by atoms with Crippen LogP contribution < -0.4 is 0 Å². The Morgan fingerprint density at radius 2 is 1.65 bits per heavy atom. The predicted molar refractivity (Wildman–Crippen MR) is 80.3 cm³/mol. The Labute approximate surface area is 120 Å². The van der Waals surface area contributed by atoms with Crippen molar-refractivity contribution in [3.05, 3.63) is 71.8 Å². The molecule has 102 valence electrons. The summed E-state index contributed by atoms with van der Waals surface area (Å²) >= 11 is 0. The number of hydrogen-bond acceptors (Lipinski definition) is 1. The van der Waals surface area contributed by atoms with Crippen LogP contribution in [-0.2, 0) is 11.2 Å². The predicted octanol–water partition coefficient (Wildman–Crippen LogP) is 3.59. The van der Waals surface area contributed by atoms with Gasteiger partial charge in [-0.1, -0.05) is 60.7 Å². The molecule has 2 aromatic rings. The first kappa shape index (κ1) is 12.9. The Hall–Kier alpha value is -2.09. The summed E-state index contributed by atoms with van der Waals surface area (Å²) in [5.41, 5.74) is 2.49. The van der Waals surface area contributed by atoms with Crippen molar-refractivity contribution in [2.24, 2.45) is 0 Å². The second-order valence-corrected chi connectivity index (χ2v) is 5.29. The average molecular weight is 265 g/mol. The van der Waals surface area contributed by atoms with Crippen molar-refractivity contribution in [3.63, 3.8) is 0 Å². The molecule has 2 heteroatoms. The van der Waals surface area contributed by atoms with E-state index in [1.165, 1.54) is 11.1 Å². The lowest BCUT2D eigenvalue weighted by Gasteiger charge is -2.41. The molecule has 1 amide bonds. The number of carbonyl (C=O) groups is 1. The maximum atomic E-state index is 12.3. The molecule has 1 saturated heterocycles. The maximum absolute atomic E-state index is 12.3. The van der Waals surface area contributed by atoms with Gasteiger partial charge in [-0.05, 0) is 24.0 Å². The van der Waals surface area contributed by atoms with Crippen LogP contribution in [0, 0.1) is 0 Å². The average Bonchev–Trinajstić information content (AvgIpc) is 2.46.